The van der Waals surface area contributed by atoms with Gasteiger partial charge in [-0.25, -0.2) is 0 Å². The number of hydrogen-bond acceptors (Lipinski definition) is 2. The fourth-order valence-corrected chi connectivity index (χ4v) is 1.63. The summed E-state index contributed by atoms with van der Waals surface area (Å²) in [4.78, 5) is 11.5. The molecule has 2 N–H and O–H groups in total. The number of nitrogens with one attached hydrogen (secondary N) is 2. The van der Waals surface area contributed by atoms with Crippen molar-refractivity contribution in [1.82, 2.24) is 10.6 Å². The van der Waals surface area contributed by atoms with Crippen LogP contribution in [-0.4, -0.2) is 25.0 Å². The Labute approximate surface area is 86.6 Å². The first kappa shape index (κ1) is 11.5. The molecule has 0 aromatic carbocycles. The Balaban J connectivity index is 2.11. The van der Waals surface area contributed by atoms with Gasteiger partial charge in [-0.2, -0.15) is 0 Å². The van der Waals surface area contributed by atoms with Gasteiger partial charge in [0.2, 0.25) is 5.91 Å². The van der Waals surface area contributed by atoms with Crippen LogP contribution in [0.4, 0.5) is 0 Å². The van der Waals surface area contributed by atoms with Crippen LogP contribution in [0.1, 0.15) is 40.0 Å². The molecule has 0 bridgehead atoms. The summed E-state index contributed by atoms with van der Waals surface area (Å²) in [7, 11) is 0. The van der Waals surface area contributed by atoms with Gasteiger partial charge in [0.05, 0.1) is 0 Å². The first-order valence-electron chi connectivity index (χ1n) is 5.52. The number of rotatable bonds is 3. The zero-order chi connectivity index (χ0) is 10.6. The molecule has 1 saturated heterocycles. The zero-order valence-corrected chi connectivity index (χ0v) is 9.52. The van der Waals surface area contributed by atoms with Crippen LogP contribution in [0.3, 0.4) is 0 Å². The molecule has 0 spiro atoms. The second kappa shape index (κ2) is 4.78. The molecule has 14 heavy (non-hydrogen) atoms. The van der Waals surface area contributed by atoms with Crippen molar-refractivity contribution in [3.8, 4) is 0 Å². The highest BCUT2D eigenvalue weighted by atomic mass is 16.2. The maximum atomic E-state index is 11.5. The van der Waals surface area contributed by atoms with Crippen molar-refractivity contribution in [3.63, 3.8) is 0 Å². The largest absolute Gasteiger partial charge is 0.356 e. The van der Waals surface area contributed by atoms with Crippen LogP contribution < -0.4 is 10.6 Å². The first-order chi connectivity index (χ1) is 6.50. The highest BCUT2D eigenvalue weighted by molar-refractivity contribution is 5.81. The number of carbonyl (C=O) groups excluding carboxylic acids is 1. The van der Waals surface area contributed by atoms with E-state index >= 15 is 0 Å². The Morgan fingerprint density at radius 3 is 2.71 bits per heavy atom. The van der Waals surface area contributed by atoms with Crippen LogP contribution in [0.2, 0.25) is 0 Å². The Hall–Kier alpha value is -0.570. The molecule has 1 aliphatic heterocycles. The minimum absolute atomic E-state index is 0.149. The van der Waals surface area contributed by atoms with Crippen molar-refractivity contribution in [1.29, 1.82) is 0 Å². The first-order valence-corrected chi connectivity index (χ1v) is 5.52. The predicted octanol–water partition coefficient (Wildman–Crippen LogP) is 1.29. The van der Waals surface area contributed by atoms with E-state index in [0.29, 0.717) is 6.04 Å². The van der Waals surface area contributed by atoms with Crippen LogP contribution in [-0.2, 0) is 4.79 Å². The Morgan fingerprint density at radius 1 is 1.50 bits per heavy atom. The smallest absolute Gasteiger partial charge is 0.225 e. The lowest BCUT2D eigenvalue weighted by molar-refractivity contribution is -0.128. The van der Waals surface area contributed by atoms with Gasteiger partial charge in [0, 0.05) is 18.0 Å². The normalized spacial score (nSPS) is 22.4. The lowest BCUT2D eigenvalue weighted by atomic mass is 9.95. The Bertz CT molecular complexity index is 190. The third-order valence-corrected chi connectivity index (χ3v) is 2.62. The van der Waals surface area contributed by atoms with Crippen molar-refractivity contribution < 1.29 is 4.79 Å². The molecule has 1 aliphatic rings. The lowest BCUT2D eigenvalue weighted by Gasteiger charge is -2.18. The summed E-state index contributed by atoms with van der Waals surface area (Å²) in [5, 5.41) is 6.39. The van der Waals surface area contributed by atoms with Gasteiger partial charge < -0.3 is 10.6 Å². The molecule has 1 amide bonds. The summed E-state index contributed by atoms with van der Waals surface area (Å²) in [5.74, 6) is 0.149. The minimum Gasteiger partial charge on any atom is -0.356 e. The van der Waals surface area contributed by atoms with Crippen LogP contribution >= 0.6 is 0 Å². The van der Waals surface area contributed by atoms with Crippen molar-refractivity contribution in [2.24, 2.45) is 5.41 Å². The van der Waals surface area contributed by atoms with Crippen molar-refractivity contribution in [2.75, 3.05) is 13.1 Å². The summed E-state index contributed by atoms with van der Waals surface area (Å²) in [5.41, 5.74) is -0.261. The molecule has 0 unspecified atom stereocenters. The van der Waals surface area contributed by atoms with Crippen molar-refractivity contribution >= 4 is 5.91 Å². The van der Waals surface area contributed by atoms with Crippen molar-refractivity contribution in [3.05, 3.63) is 0 Å². The molecular weight excluding hydrogens is 176 g/mol. The highest BCUT2D eigenvalue weighted by Gasteiger charge is 2.21. The molecule has 0 aliphatic carbocycles. The average Bonchev–Trinajstić information content (AvgIpc) is 2.55. The van der Waals surface area contributed by atoms with E-state index in [4.69, 9.17) is 0 Å². The van der Waals surface area contributed by atoms with E-state index in [-0.39, 0.29) is 11.3 Å². The summed E-state index contributed by atoms with van der Waals surface area (Å²) in [6.45, 7) is 7.76. The van der Waals surface area contributed by atoms with Gasteiger partial charge >= 0.3 is 0 Å². The van der Waals surface area contributed by atoms with Gasteiger partial charge in [0.1, 0.15) is 0 Å². The van der Waals surface area contributed by atoms with Gasteiger partial charge in [-0.1, -0.05) is 20.8 Å². The Kier molecular flexibility index (Phi) is 3.93. The van der Waals surface area contributed by atoms with E-state index in [1.807, 2.05) is 20.8 Å². The van der Waals surface area contributed by atoms with Gasteiger partial charge in [0.15, 0.2) is 0 Å². The molecular formula is C11H22N2O. The third kappa shape index (κ3) is 3.66. The summed E-state index contributed by atoms with van der Waals surface area (Å²) in [6.07, 6.45) is 3.59. The molecule has 82 valence electrons. The standard InChI is InChI=1S/C11H22N2O/c1-11(2,3)10(14)13-8-6-9-5-4-7-12-9/h9,12H,4-8H2,1-3H3,(H,13,14)/t9-/m1/s1. The van der Waals surface area contributed by atoms with Gasteiger partial charge in [-0.15, -0.1) is 0 Å². The second-order valence-electron chi connectivity index (χ2n) is 5.09. The average molecular weight is 198 g/mol. The maximum absolute atomic E-state index is 11.5. The molecule has 3 heteroatoms. The van der Waals surface area contributed by atoms with E-state index in [9.17, 15) is 4.79 Å². The maximum Gasteiger partial charge on any atom is 0.225 e. The molecule has 3 nitrogen and oxygen atoms in total. The van der Waals surface area contributed by atoms with E-state index in [1.54, 1.807) is 0 Å². The third-order valence-electron chi connectivity index (χ3n) is 2.62. The molecule has 0 aromatic rings. The topological polar surface area (TPSA) is 41.1 Å². The fourth-order valence-electron chi connectivity index (χ4n) is 1.63. The van der Waals surface area contributed by atoms with E-state index in [1.165, 1.54) is 12.8 Å². The number of amides is 1. The molecule has 0 aromatic heterocycles. The lowest BCUT2D eigenvalue weighted by Crippen LogP contribution is -2.37. The zero-order valence-electron chi connectivity index (χ0n) is 9.52. The van der Waals surface area contributed by atoms with Crippen LogP contribution in [0, 0.1) is 5.41 Å². The minimum atomic E-state index is -0.261. The van der Waals surface area contributed by atoms with E-state index < -0.39 is 0 Å². The SMILES string of the molecule is CC(C)(C)C(=O)NCC[C@H]1CCCN1. The van der Waals surface area contributed by atoms with Crippen LogP contribution in [0.25, 0.3) is 0 Å². The number of hydrogen-bond donors (Lipinski definition) is 2. The summed E-state index contributed by atoms with van der Waals surface area (Å²) >= 11 is 0. The quantitative estimate of drug-likeness (QED) is 0.717. The molecule has 1 atom stereocenters. The predicted molar refractivity (Wildman–Crippen MR) is 58.1 cm³/mol. The molecule has 1 heterocycles. The molecule has 0 saturated carbocycles. The second-order valence-corrected chi connectivity index (χ2v) is 5.09. The summed E-state index contributed by atoms with van der Waals surface area (Å²) in [6, 6.07) is 0.621. The summed E-state index contributed by atoms with van der Waals surface area (Å²) < 4.78 is 0. The van der Waals surface area contributed by atoms with Gasteiger partial charge in [0.25, 0.3) is 0 Å². The van der Waals surface area contributed by atoms with Gasteiger partial charge in [-0.3, -0.25) is 4.79 Å². The Morgan fingerprint density at radius 2 is 2.21 bits per heavy atom. The van der Waals surface area contributed by atoms with Crippen LogP contribution in [0.5, 0.6) is 0 Å². The van der Waals surface area contributed by atoms with Crippen LogP contribution in [0.15, 0.2) is 0 Å². The number of carbonyl (C=O) groups is 1. The fraction of sp³-hybridized carbons (Fsp3) is 0.909. The molecule has 1 fully saturated rings. The van der Waals surface area contributed by atoms with Crippen molar-refractivity contribution in [2.45, 2.75) is 46.1 Å². The molecule has 0 radical (unpaired) electrons. The van der Waals surface area contributed by atoms with Gasteiger partial charge in [-0.05, 0) is 25.8 Å². The molecule has 1 rings (SSSR count). The monoisotopic (exact) mass is 198 g/mol. The van der Waals surface area contributed by atoms with E-state index in [0.717, 1.165) is 19.5 Å². The highest BCUT2D eigenvalue weighted by Crippen LogP contribution is 2.13. The van der Waals surface area contributed by atoms with E-state index in [2.05, 4.69) is 10.6 Å².